The molecule has 0 unspecified atom stereocenters. The number of carbonyl (C=O) groups excluding carboxylic acids is 1. The SMILES string of the molecule is O=C(Cn1ncc2ccccc2c1=O)N1CCN(Cc2ccccc2)CC1. The number of hydrogen-bond donors (Lipinski definition) is 0. The van der Waals surface area contributed by atoms with Crippen LogP contribution in [0.4, 0.5) is 0 Å². The van der Waals surface area contributed by atoms with Crippen LogP contribution in [0, 0.1) is 0 Å². The fourth-order valence-electron chi connectivity index (χ4n) is 3.47. The molecule has 4 rings (SSSR count). The molecule has 1 aliphatic heterocycles. The van der Waals surface area contributed by atoms with Crippen molar-refractivity contribution in [2.45, 2.75) is 13.1 Å². The van der Waals surface area contributed by atoms with Crippen LogP contribution in [0.3, 0.4) is 0 Å². The highest BCUT2D eigenvalue weighted by Gasteiger charge is 2.22. The van der Waals surface area contributed by atoms with Crippen molar-refractivity contribution in [3.8, 4) is 0 Å². The average molecular weight is 362 g/mol. The highest BCUT2D eigenvalue weighted by molar-refractivity contribution is 5.81. The van der Waals surface area contributed by atoms with Gasteiger partial charge in [0.1, 0.15) is 6.54 Å². The van der Waals surface area contributed by atoms with Crippen LogP contribution in [0.2, 0.25) is 0 Å². The number of aromatic nitrogens is 2. The molecule has 0 N–H and O–H groups in total. The van der Waals surface area contributed by atoms with Crippen molar-refractivity contribution in [1.82, 2.24) is 19.6 Å². The number of benzene rings is 2. The Morgan fingerprint density at radius 1 is 0.926 bits per heavy atom. The van der Waals surface area contributed by atoms with Gasteiger partial charge >= 0.3 is 0 Å². The molecule has 1 saturated heterocycles. The van der Waals surface area contributed by atoms with Crippen LogP contribution in [0.15, 0.2) is 65.6 Å². The van der Waals surface area contributed by atoms with Gasteiger partial charge in [-0.25, -0.2) is 4.68 Å². The van der Waals surface area contributed by atoms with E-state index in [0.717, 1.165) is 25.0 Å². The van der Waals surface area contributed by atoms with E-state index in [4.69, 9.17) is 0 Å². The molecular formula is C21H22N4O2. The Balaban J connectivity index is 1.37. The molecule has 6 heteroatoms. The number of carbonyl (C=O) groups is 1. The molecule has 1 fully saturated rings. The number of amides is 1. The highest BCUT2D eigenvalue weighted by Crippen LogP contribution is 2.10. The van der Waals surface area contributed by atoms with Gasteiger partial charge in [-0.15, -0.1) is 0 Å². The molecule has 0 spiro atoms. The number of hydrogen-bond acceptors (Lipinski definition) is 4. The summed E-state index contributed by atoms with van der Waals surface area (Å²) < 4.78 is 1.26. The van der Waals surface area contributed by atoms with E-state index in [9.17, 15) is 9.59 Å². The van der Waals surface area contributed by atoms with Gasteiger partial charge in [0, 0.05) is 38.1 Å². The van der Waals surface area contributed by atoms with Crippen LogP contribution in [-0.2, 0) is 17.9 Å². The second-order valence-electron chi connectivity index (χ2n) is 6.84. The maximum atomic E-state index is 12.6. The van der Waals surface area contributed by atoms with E-state index < -0.39 is 0 Å². The number of rotatable bonds is 4. The Morgan fingerprint density at radius 2 is 1.63 bits per heavy atom. The van der Waals surface area contributed by atoms with Gasteiger partial charge < -0.3 is 4.90 Å². The zero-order chi connectivity index (χ0) is 18.6. The van der Waals surface area contributed by atoms with E-state index in [1.807, 2.05) is 41.3 Å². The van der Waals surface area contributed by atoms with Crippen molar-refractivity contribution in [1.29, 1.82) is 0 Å². The van der Waals surface area contributed by atoms with Gasteiger partial charge in [-0.3, -0.25) is 14.5 Å². The summed E-state index contributed by atoms with van der Waals surface area (Å²) in [5.74, 6) is -0.0563. The van der Waals surface area contributed by atoms with Crippen LogP contribution in [0.25, 0.3) is 10.8 Å². The molecule has 1 aliphatic rings. The molecule has 0 saturated carbocycles. The molecule has 2 aromatic carbocycles. The lowest BCUT2D eigenvalue weighted by Gasteiger charge is -2.34. The smallest absolute Gasteiger partial charge is 0.275 e. The minimum absolute atomic E-state index is 0.0116. The van der Waals surface area contributed by atoms with Crippen LogP contribution in [0.5, 0.6) is 0 Å². The number of nitrogens with zero attached hydrogens (tertiary/aromatic N) is 4. The average Bonchev–Trinajstić information content (AvgIpc) is 2.71. The lowest BCUT2D eigenvalue weighted by Crippen LogP contribution is -2.49. The summed E-state index contributed by atoms with van der Waals surface area (Å²) in [6.45, 7) is 3.90. The summed E-state index contributed by atoms with van der Waals surface area (Å²) in [6.07, 6.45) is 1.64. The molecule has 138 valence electrons. The zero-order valence-corrected chi connectivity index (χ0v) is 15.1. The maximum absolute atomic E-state index is 12.6. The molecule has 2 heterocycles. The molecule has 0 aliphatic carbocycles. The molecule has 27 heavy (non-hydrogen) atoms. The van der Waals surface area contributed by atoms with Crippen molar-refractivity contribution >= 4 is 16.7 Å². The summed E-state index contributed by atoms with van der Waals surface area (Å²) in [4.78, 5) is 29.3. The monoisotopic (exact) mass is 362 g/mol. The topological polar surface area (TPSA) is 58.4 Å². The van der Waals surface area contributed by atoms with E-state index >= 15 is 0 Å². The molecule has 1 amide bonds. The lowest BCUT2D eigenvalue weighted by atomic mass is 10.2. The molecule has 0 atom stereocenters. The van der Waals surface area contributed by atoms with Gasteiger partial charge in [-0.1, -0.05) is 48.5 Å². The predicted octanol–water partition coefficient (Wildman–Crippen LogP) is 1.74. The van der Waals surface area contributed by atoms with E-state index in [1.165, 1.54) is 10.2 Å². The van der Waals surface area contributed by atoms with E-state index in [2.05, 4.69) is 22.1 Å². The molecule has 1 aromatic heterocycles. The second-order valence-corrected chi connectivity index (χ2v) is 6.84. The van der Waals surface area contributed by atoms with Crippen molar-refractivity contribution in [3.63, 3.8) is 0 Å². The van der Waals surface area contributed by atoms with Gasteiger partial charge in [0.25, 0.3) is 5.56 Å². The molecular weight excluding hydrogens is 340 g/mol. The third-order valence-corrected chi connectivity index (χ3v) is 5.02. The Morgan fingerprint density at radius 3 is 2.41 bits per heavy atom. The van der Waals surface area contributed by atoms with Crippen LogP contribution < -0.4 is 5.56 Å². The normalized spacial score (nSPS) is 15.2. The minimum atomic E-state index is -0.218. The van der Waals surface area contributed by atoms with Gasteiger partial charge in [-0.05, 0) is 11.6 Å². The third-order valence-electron chi connectivity index (χ3n) is 5.02. The maximum Gasteiger partial charge on any atom is 0.275 e. The van der Waals surface area contributed by atoms with Crippen molar-refractivity contribution in [2.75, 3.05) is 26.2 Å². The molecule has 3 aromatic rings. The van der Waals surface area contributed by atoms with Crippen molar-refractivity contribution in [3.05, 3.63) is 76.7 Å². The largest absolute Gasteiger partial charge is 0.339 e. The first-order chi connectivity index (χ1) is 13.2. The van der Waals surface area contributed by atoms with Crippen molar-refractivity contribution < 1.29 is 4.79 Å². The summed E-state index contributed by atoms with van der Waals surface area (Å²) in [5.41, 5.74) is 1.06. The van der Waals surface area contributed by atoms with Crippen LogP contribution in [-0.4, -0.2) is 51.7 Å². The first kappa shape index (κ1) is 17.4. The minimum Gasteiger partial charge on any atom is -0.339 e. The molecule has 0 radical (unpaired) electrons. The van der Waals surface area contributed by atoms with Gasteiger partial charge in [0.05, 0.1) is 11.6 Å². The lowest BCUT2D eigenvalue weighted by molar-refractivity contribution is -0.133. The van der Waals surface area contributed by atoms with Gasteiger partial charge in [0.2, 0.25) is 5.91 Å². The zero-order valence-electron chi connectivity index (χ0n) is 15.1. The summed E-state index contributed by atoms with van der Waals surface area (Å²) in [6, 6.07) is 17.7. The van der Waals surface area contributed by atoms with E-state index in [-0.39, 0.29) is 18.0 Å². The van der Waals surface area contributed by atoms with Crippen molar-refractivity contribution in [2.24, 2.45) is 0 Å². The van der Waals surface area contributed by atoms with Crippen LogP contribution in [0.1, 0.15) is 5.56 Å². The highest BCUT2D eigenvalue weighted by atomic mass is 16.2. The first-order valence-electron chi connectivity index (χ1n) is 9.19. The molecule has 6 nitrogen and oxygen atoms in total. The van der Waals surface area contributed by atoms with E-state index in [0.29, 0.717) is 18.5 Å². The quantitative estimate of drug-likeness (QED) is 0.709. The third kappa shape index (κ3) is 3.90. The Labute approximate surface area is 157 Å². The van der Waals surface area contributed by atoms with E-state index in [1.54, 1.807) is 12.3 Å². The fourth-order valence-corrected chi connectivity index (χ4v) is 3.47. The fraction of sp³-hybridized carbons (Fsp3) is 0.286. The Hall–Kier alpha value is -2.99. The standard InChI is InChI=1S/C21H22N4O2/c26-20(16-25-21(27)19-9-5-4-8-18(19)14-22-25)24-12-10-23(11-13-24)15-17-6-2-1-3-7-17/h1-9,14H,10-13,15-16H2. The van der Waals surface area contributed by atoms with Crippen LogP contribution >= 0.6 is 0 Å². The number of fused-ring (bicyclic) bond motifs is 1. The second kappa shape index (κ2) is 7.72. The number of piperazine rings is 1. The summed E-state index contributed by atoms with van der Waals surface area (Å²) >= 11 is 0. The molecule has 0 bridgehead atoms. The van der Waals surface area contributed by atoms with Gasteiger partial charge in [0.15, 0.2) is 0 Å². The summed E-state index contributed by atoms with van der Waals surface area (Å²) in [5, 5.41) is 5.54. The summed E-state index contributed by atoms with van der Waals surface area (Å²) in [7, 11) is 0. The predicted molar refractivity (Wildman–Crippen MR) is 104 cm³/mol. The first-order valence-corrected chi connectivity index (χ1v) is 9.19. The Kier molecular flexibility index (Phi) is 4.98. The van der Waals surface area contributed by atoms with Gasteiger partial charge in [-0.2, -0.15) is 5.10 Å². The Bertz CT molecular complexity index is 992.